The zero-order chi connectivity index (χ0) is 23.1. The lowest BCUT2D eigenvalue weighted by Crippen LogP contribution is -2.31. The van der Waals surface area contributed by atoms with E-state index in [0.717, 1.165) is 55.9 Å². The van der Waals surface area contributed by atoms with Crippen LogP contribution in [0.2, 0.25) is 5.02 Å². The van der Waals surface area contributed by atoms with Crippen LogP contribution in [0.3, 0.4) is 0 Å². The van der Waals surface area contributed by atoms with Crippen molar-refractivity contribution in [3.8, 4) is 11.3 Å². The van der Waals surface area contributed by atoms with Crippen LogP contribution in [0.4, 0.5) is 0 Å². The summed E-state index contributed by atoms with van der Waals surface area (Å²) in [7, 11) is 0. The fraction of sp³-hybridized carbons (Fsp3) is 0.100. The molecule has 1 aliphatic rings. The largest absolute Gasteiger partial charge is 0.354 e. The Morgan fingerprint density at radius 3 is 2.32 bits per heavy atom. The normalized spacial score (nSPS) is 15.1. The summed E-state index contributed by atoms with van der Waals surface area (Å²) >= 11 is 6.08. The third kappa shape index (κ3) is 3.49. The Morgan fingerprint density at radius 2 is 1.50 bits per heavy atom. The number of H-pyrrole nitrogens is 1. The highest BCUT2D eigenvalue weighted by Gasteiger charge is 2.39. The number of amides is 1. The van der Waals surface area contributed by atoms with Crippen molar-refractivity contribution < 1.29 is 4.79 Å². The van der Waals surface area contributed by atoms with E-state index in [2.05, 4.69) is 53.5 Å². The fourth-order valence-electron chi connectivity index (χ4n) is 5.09. The van der Waals surface area contributed by atoms with Gasteiger partial charge in [0.15, 0.2) is 0 Å². The molecule has 0 radical (unpaired) electrons. The molecule has 1 atom stereocenters. The van der Waals surface area contributed by atoms with Gasteiger partial charge in [-0.05, 0) is 47.4 Å². The quantitative estimate of drug-likeness (QED) is 0.293. The molecule has 1 N–H and O–H groups in total. The van der Waals surface area contributed by atoms with E-state index in [1.165, 1.54) is 0 Å². The Bertz CT molecular complexity index is 1490. The van der Waals surface area contributed by atoms with Crippen molar-refractivity contribution in [2.75, 3.05) is 6.54 Å². The molecule has 5 aromatic rings. The van der Waals surface area contributed by atoms with Crippen molar-refractivity contribution in [1.82, 2.24) is 9.88 Å². The first kappa shape index (κ1) is 20.8. The number of hydrogen-bond acceptors (Lipinski definition) is 1. The zero-order valence-electron chi connectivity index (χ0n) is 18.5. The van der Waals surface area contributed by atoms with E-state index in [-0.39, 0.29) is 11.9 Å². The number of carbonyl (C=O) groups is 1. The van der Waals surface area contributed by atoms with Crippen LogP contribution in [-0.4, -0.2) is 22.3 Å². The molecule has 0 fully saturated rings. The smallest absolute Gasteiger partial charge is 0.255 e. The summed E-state index contributed by atoms with van der Waals surface area (Å²) in [5.74, 6) is 0.0823. The van der Waals surface area contributed by atoms with Gasteiger partial charge in [-0.3, -0.25) is 4.79 Å². The number of aromatic nitrogens is 1. The maximum Gasteiger partial charge on any atom is 0.255 e. The SMILES string of the molecule is O=C1c2ccccc2C(c2c(-c3ccccc3)[nH]c3ccccc23)N1CCc1ccc(Cl)cc1. The molecule has 0 spiro atoms. The highest BCUT2D eigenvalue weighted by molar-refractivity contribution is 6.30. The molecule has 0 saturated carbocycles. The van der Waals surface area contributed by atoms with Crippen molar-refractivity contribution in [1.29, 1.82) is 0 Å². The summed E-state index contributed by atoms with van der Waals surface area (Å²) in [5, 5.41) is 1.87. The summed E-state index contributed by atoms with van der Waals surface area (Å²) in [5.41, 5.74) is 7.41. The van der Waals surface area contributed by atoms with Crippen LogP contribution in [0.5, 0.6) is 0 Å². The lowest BCUT2D eigenvalue weighted by Gasteiger charge is -2.27. The average molecular weight is 463 g/mol. The molecule has 0 bridgehead atoms. The Morgan fingerprint density at radius 1 is 0.794 bits per heavy atom. The van der Waals surface area contributed by atoms with Crippen molar-refractivity contribution in [3.05, 3.63) is 130 Å². The number of para-hydroxylation sites is 1. The first-order valence-corrected chi connectivity index (χ1v) is 11.9. The molecule has 166 valence electrons. The van der Waals surface area contributed by atoms with Crippen LogP contribution < -0.4 is 0 Å². The van der Waals surface area contributed by atoms with Crippen LogP contribution >= 0.6 is 11.6 Å². The molecule has 1 amide bonds. The number of nitrogens with one attached hydrogen (secondary N) is 1. The van der Waals surface area contributed by atoms with Gasteiger partial charge in [0.05, 0.1) is 11.7 Å². The standard InChI is InChI=1S/C30H23ClN2O/c31-22-16-14-20(15-17-22)18-19-33-29(23-10-4-5-11-24(23)30(33)34)27-25-12-6-7-13-26(25)32-28(27)21-8-2-1-3-9-21/h1-17,29,32H,18-19H2. The van der Waals surface area contributed by atoms with Gasteiger partial charge >= 0.3 is 0 Å². The van der Waals surface area contributed by atoms with E-state index in [0.29, 0.717) is 6.54 Å². The molecule has 3 nitrogen and oxygen atoms in total. The van der Waals surface area contributed by atoms with Crippen LogP contribution in [0.25, 0.3) is 22.2 Å². The predicted octanol–water partition coefficient (Wildman–Crippen LogP) is 7.28. The minimum atomic E-state index is -0.164. The molecule has 0 aliphatic carbocycles. The van der Waals surface area contributed by atoms with E-state index in [1.54, 1.807) is 0 Å². The second-order valence-electron chi connectivity index (χ2n) is 8.69. The molecule has 1 unspecified atom stereocenters. The van der Waals surface area contributed by atoms with Crippen molar-refractivity contribution in [2.45, 2.75) is 12.5 Å². The molecule has 34 heavy (non-hydrogen) atoms. The number of aromatic amines is 1. The van der Waals surface area contributed by atoms with E-state index >= 15 is 0 Å². The molecule has 0 saturated heterocycles. The molecule has 1 aliphatic heterocycles. The third-order valence-corrected chi connectivity index (χ3v) is 6.95. The summed E-state index contributed by atoms with van der Waals surface area (Å²) < 4.78 is 0. The zero-order valence-corrected chi connectivity index (χ0v) is 19.3. The van der Waals surface area contributed by atoms with Crippen molar-refractivity contribution >= 4 is 28.4 Å². The first-order valence-electron chi connectivity index (χ1n) is 11.5. The van der Waals surface area contributed by atoms with Gasteiger partial charge in [-0.25, -0.2) is 0 Å². The predicted molar refractivity (Wildman–Crippen MR) is 138 cm³/mol. The van der Waals surface area contributed by atoms with Crippen molar-refractivity contribution in [3.63, 3.8) is 0 Å². The van der Waals surface area contributed by atoms with Gasteiger partial charge in [-0.15, -0.1) is 0 Å². The lowest BCUT2D eigenvalue weighted by atomic mass is 9.93. The molecular formula is C30H23ClN2O. The molecule has 1 aromatic heterocycles. The van der Waals surface area contributed by atoms with Gasteiger partial charge in [0.25, 0.3) is 5.91 Å². The number of rotatable bonds is 5. The monoisotopic (exact) mass is 462 g/mol. The Balaban J connectivity index is 1.51. The topological polar surface area (TPSA) is 36.1 Å². The Labute approximate surface area is 203 Å². The minimum Gasteiger partial charge on any atom is -0.354 e. The Kier molecular flexibility index (Phi) is 5.20. The van der Waals surface area contributed by atoms with E-state index in [1.807, 2.05) is 59.5 Å². The summed E-state index contributed by atoms with van der Waals surface area (Å²) in [6, 6.07) is 34.5. The molecule has 6 rings (SSSR count). The van der Waals surface area contributed by atoms with Gasteiger partial charge in [0.1, 0.15) is 0 Å². The van der Waals surface area contributed by atoms with Gasteiger partial charge < -0.3 is 9.88 Å². The molecule has 4 aromatic carbocycles. The first-order chi connectivity index (χ1) is 16.7. The van der Waals surface area contributed by atoms with Crippen LogP contribution in [0.15, 0.2) is 103 Å². The summed E-state index contributed by atoms with van der Waals surface area (Å²) in [6.07, 6.45) is 0.760. The maximum absolute atomic E-state index is 13.7. The second kappa shape index (κ2) is 8.51. The highest BCUT2D eigenvalue weighted by atomic mass is 35.5. The second-order valence-corrected chi connectivity index (χ2v) is 9.13. The number of fused-ring (bicyclic) bond motifs is 2. The maximum atomic E-state index is 13.7. The van der Waals surface area contributed by atoms with E-state index in [4.69, 9.17) is 11.6 Å². The number of nitrogens with zero attached hydrogens (tertiary/aromatic N) is 1. The number of carbonyl (C=O) groups excluding carboxylic acids is 1. The van der Waals surface area contributed by atoms with Crippen LogP contribution in [-0.2, 0) is 6.42 Å². The fourth-order valence-corrected chi connectivity index (χ4v) is 5.22. The van der Waals surface area contributed by atoms with Crippen molar-refractivity contribution in [2.24, 2.45) is 0 Å². The summed E-state index contributed by atoms with van der Waals surface area (Å²) in [6.45, 7) is 0.619. The van der Waals surface area contributed by atoms with Gasteiger partial charge in [0, 0.05) is 33.6 Å². The summed E-state index contributed by atoms with van der Waals surface area (Å²) in [4.78, 5) is 19.3. The molecule has 2 heterocycles. The van der Waals surface area contributed by atoms with E-state index in [9.17, 15) is 4.79 Å². The van der Waals surface area contributed by atoms with Crippen LogP contribution in [0, 0.1) is 0 Å². The average Bonchev–Trinajstić information content (AvgIpc) is 3.39. The lowest BCUT2D eigenvalue weighted by molar-refractivity contribution is 0.0753. The minimum absolute atomic E-state index is 0.0823. The van der Waals surface area contributed by atoms with E-state index < -0.39 is 0 Å². The molecular weight excluding hydrogens is 440 g/mol. The third-order valence-electron chi connectivity index (χ3n) is 6.70. The number of hydrogen-bond donors (Lipinski definition) is 1. The number of benzene rings is 4. The Hall–Kier alpha value is -3.82. The van der Waals surface area contributed by atoms with Gasteiger partial charge in [-0.1, -0.05) is 90.5 Å². The number of halogens is 1. The van der Waals surface area contributed by atoms with Crippen LogP contribution in [0.1, 0.15) is 33.1 Å². The highest BCUT2D eigenvalue weighted by Crippen LogP contribution is 2.45. The molecule has 4 heteroatoms. The van der Waals surface area contributed by atoms with Gasteiger partial charge in [0.2, 0.25) is 0 Å². The van der Waals surface area contributed by atoms with Gasteiger partial charge in [-0.2, -0.15) is 0 Å².